The molecule has 0 spiro atoms. The highest BCUT2D eigenvalue weighted by Gasteiger charge is 2.41. The molecule has 7 heteroatoms. The SMILES string of the molecule is c1ccc(-c2nc(-c3ccccc3)nc(-c3ccc4cc([Si](c5ccccc5)(c5ccccc5)c5ccc6cc(-c7nc(-c8ccccc8)nc(-c8ccccc8)n7)ccc6c5)ccc4c3)n2)cc1. The van der Waals surface area contributed by atoms with Crippen LogP contribution in [0.1, 0.15) is 0 Å². The van der Waals surface area contributed by atoms with Crippen molar-refractivity contribution in [1.29, 1.82) is 0 Å². The third-order valence-electron chi connectivity index (χ3n) is 12.9. The predicted molar refractivity (Wildman–Crippen MR) is 284 cm³/mol. The van der Waals surface area contributed by atoms with Crippen molar-refractivity contribution in [3.63, 3.8) is 0 Å². The van der Waals surface area contributed by atoms with Gasteiger partial charge < -0.3 is 0 Å². The molecule has 0 fully saturated rings. The van der Waals surface area contributed by atoms with Crippen molar-refractivity contribution in [1.82, 2.24) is 29.9 Å². The maximum absolute atomic E-state index is 5.04. The molecule has 0 unspecified atom stereocenters. The van der Waals surface area contributed by atoms with E-state index < -0.39 is 8.07 Å². The zero-order valence-electron chi connectivity index (χ0n) is 37.4. The Balaban J connectivity index is 0.982. The molecular formula is C62H42N6Si. The van der Waals surface area contributed by atoms with Crippen LogP contribution in [0.5, 0.6) is 0 Å². The van der Waals surface area contributed by atoms with E-state index in [1.807, 2.05) is 121 Å². The van der Waals surface area contributed by atoms with Crippen molar-refractivity contribution < 1.29 is 0 Å². The molecule has 10 aromatic carbocycles. The fourth-order valence-corrected chi connectivity index (χ4v) is 14.3. The summed E-state index contributed by atoms with van der Waals surface area (Å²) < 4.78 is 0. The average molecular weight is 899 g/mol. The van der Waals surface area contributed by atoms with Gasteiger partial charge in [0.1, 0.15) is 0 Å². The van der Waals surface area contributed by atoms with Gasteiger partial charge in [0.2, 0.25) is 0 Å². The van der Waals surface area contributed by atoms with Crippen LogP contribution < -0.4 is 20.7 Å². The molecule has 0 amide bonds. The number of hydrogen-bond acceptors (Lipinski definition) is 6. The van der Waals surface area contributed by atoms with Crippen molar-refractivity contribution in [3.8, 4) is 68.3 Å². The molecule has 0 bridgehead atoms. The first-order chi connectivity index (χ1) is 34.2. The van der Waals surface area contributed by atoms with Gasteiger partial charge in [-0.3, -0.25) is 0 Å². The first-order valence-electron chi connectivity index (χ1n) is 23.1. The third kappa shape index (κ3) is 7.97. The van der Waals surface area contributed by atoms with Crippen LogP contribution in [0.25, 0.3) is 89.9 Å². The Morgan fingerprint density at radius 1 is 0.188 bits per heavy atom. The molecule has 69 heavy (non-hydrogen) atoms. The lowest BCUT2D eigenvalue weighted by molar-refractivity contribution is 1.07. The molecular weight excluding hydrogens is 857 g/mol. The molecule has 0 atom stereocenters. The molecule has 0 N–H and O–H groups in total. The number of benzene rings is 10. The van der Waals surface area contributed by atoms with Crippen molar-refractivity contribution in [2.45, 2.75) is 0 Å². The van der Waals surface area contributed by atoms with E-state index in [4.69, 9.17) is 29.9 Å². The summed E-state index contributed by atoms with van der Waals surface area (Å²) in [6.45, 7) is 0. The monoisotopic (exact) mass is 898 g/mol. The first kappa shape index (κ1) is 41.4. The topological polar surface area (TPSA) is 77.3 Å². The van der Waals surface area contributed by atoms with E-state index in [-0.39, 0.29) is 0 Å². The standard InChI is InChI=1S/C62H42N6Si/c1-7-19-43(20-8-1)57-63-58(44-21-9-2-10-22-44)66-61(65-57)51-33-31-49-41-55(37-35-47(49)39-51)69(53-27-15-5-16-28-53,54-29-17-6-18-30-54)56-38-36-48-40-52(34-32-50(48)42-56)62-67-59(45-23-11-3-12-24-45)64-60(68-62)46-25-13-4-14-26-46/h1-42H. The van der Waals surface area contributed by atoms with Gasteiger partial charge in [-0.1, -0.05) is 243 Å². The number of fused-ring (bicyclic) bond motifs is 2. The van der Waals surface area contributed by atoms with Crippen LogP contribution >= 0.6 is 0 Å². The summed E-state index contributed by atoms with van der Waals surface area (Å²) in [6.07, 6.45) is 0. The van der Waals surface area contributed by atoms with Gasteiger partial charge in [0.05, 0.1) is 0 Å². The van der Waals surface area contributed by atoms with Crippen LogP contribution in [0.2, 0.25) is 0 Å². The van der Waals surface area contributed by atoms with Gasteiger partial charge in [-0.25, -0.2) is 29.9 Å². The number of hydrogen-bond donors (Lipinski definition) is 0. The molecule has 0 aliphatic carbocycles. The lowest BCUT2D eigenvalue weighted by Gasteiger charge is -2.35. The Labute approximate surface area is 401 Å². The lowest BCUT2D eigenvalue weighted by atomic mass is 10.1. The van der Waals surface area contributed by atoms with Crippen LogP contribution in [-0.2, 0) is 0 Å². The van der Waals surface area contributed by atoms with Crippen molar-refractivity contribution in [2.24, 2.45) is 0 Å². The van der Waals surface area contributed by atoms with Crippen LogP contribution in [-0.4, -0.2) is 38.0 Å². The maximum atomic E-state index is 5.04. The fourth-order valence-electron chi connectivity index (χ4n) is 9.49. The molecule has 0 saturated carbocycles. The average Bonchev–Trinajstić information content (AvgIpc) is 3.44. The first-order valence-corrected chi connectivity index (χ1v) is 25.1. The second-order valence-electron chi connectivity index (χ2n) is 17.1. The zero-order chi connectivity index (χ0) is 46.0. The summed E-state index contributed by atoms with van der Waals surface area (Å²) in [6, 6.07) is 89.8. The molecule has 12 aromatic rings. The Kier molecular flexibility index (Phi) is 10.8. The smallest absolute Gasteiger partial charge is 0.179 e. The zero-order valence-corrected chi connectivity index (χ0v) is 38.4. The van der Waals surface area contributed by atoms with Gasteiger partial charge in [0.15, 0.2) is 43.0 Å². The van der Waals surface area contributed by atoms with Gasteiger partial charge in [0, 0.05) is 33.4 Å². The van der Waals surface area contributed by atoms with Crippen molar-refractivity contribution in [2.75, 3.05) is 0 Å². The highest BCUT2D eigenvalue weighted by Crippen LogP contribution is 2.30. The van der Waals surface area contributed by atoms with Crippen LogP contribution in [0.15, 0.2) is 255 Å². The maximum Gasteiger partial charge on any atom is 0.179 e. The Bertz CT molecular complexity index is 3400. The van der Waals surface area contributed by atoms with Gasteiger partial charge >= 0.3 is 0 Å². The summed E-state index contributed by atoms with van der Waals surface area (Å²) in [4.78, 5) is 30.0. The van der Waals surface area contributed by atoms with Crippen molar-refractivity contribution in [3.05, 3.63) is 255 Å². The summed E-state index contributed by atoms with van der Waals surface area (Å²) in [5.74, 6) is 3.83. The largest absolute Gasteiger partial charge is 0.208 e. The molecule has 0 radical (unpaired) electrons. The van der Waals surface area contributed by atoms with Crippen LogP contribution in [0.3, 0.4) is 0 Å². The van der Waals surface area contributed by atoms with Gasteiger partial charge in [0.25, 0.3) is 0 Å². The van der Waals surface area contributed by atoms with Gasteiger partial charge in [-0.15, -0.1) is 0 Å². The van der Waals surface area contributed by atoms with E-state index in [1.165, 1.54) is 20.7 Å². The Hall–Kier alpha value is -9.04. The molecule has 0 aliphatic rings. The fraction of sp³-hybridized carbons (Fsp3) is 0. The van der Waals surface area contributed by atoms with Gasteiger partial charge in [-0.2, -0.15) is 0 Å². The molecule has 6 nitrogen and oxygen atoms in total. The van der Waals surface area contributed by atoms with E-state index in [1.54, 1.807) is 0 Å². The highest BCUT2D eigenvalue weighted by atomic mass is 28.3. The predicted octanol–water partition coefficient (Wildman–Crippen LogP) is 11.7. The summed E-state index contributed by atoms with van der Waals surface area (Å²) >= 11 is 0. The van der Waals surface area contributed by atoms with Gasteiger partial charge in [-0.05, 0) is 54.4 Å². The Morgan fingerprint density at radius 2 is 0.435 bits per heavy atom. The second-order valence-corrected chi connectivity index (χ2v) is 20.9. The molecule has 2 aromatic heterocycles. The Morgan fingerprint density at radius 3 is 0.739 bits per heavy atom. The van der Waals surface area contributed by atoms with E-state index in [0.29, 0.717) is 34.9 Å². The van der Waals surface area contributed by atoms with E-state index in [0.717, 1.165) is 54.9 Å². The minimum atomic E-state index is -2.94. The van der Waals surface area contributed by atoms with E-state index in [9.17, 15) is 0 Å². The molecule has 324 valence electrons. The molecule has 0 saturated heterocycles. The molecule has 12 rings (SSSR count). The normalized spacial score (nSPS) is 11.5. The van der Waals surface area contributed by atoms with E-state index >= 15 is 0 Å². The third-order valence-corrected chi connectivity index (χ3v) is 17.6. The number of rotatable bonds is 10. The molecule has 0 aliphatic heterocycles. The summed E-state index contributed by atoms with van der Waals surface area (Å²) in [5.41, 5.74) is 5.63. The highest BCUT2D eigenvalue weighted by molar-refractivity contribution is 7.20. The van der Waals surface area contributed by atoms with E-state index in [2.05, 4.69) is 133 Å². The lowest BCUT2D eigenvalue weighted by Crippen LogP contribution is -2.74. The van der Waals surface area contributed by atoms with Crippen LogP contribution in [0, 0.1) is 0 Å². The number of aromatic nitrogens is 6. The summed E-state index contributed by atoms with van der Waals surface area (Å²) in [5, 5.41) is 9.71. The van der Waals surface area contributed by atoms with Crippen LogP contribution in [0.4, 0.5) is 0 Å². The quantitative estimate of drug-likeness (QED) is 0.101. The second kappa shape index (κ2) is 18.0. The molecule has 2 heterocycles. The minimum Gasteiger partial charge on any atom is -0.208 e. The number of nitrogens with zero attached hydrogens (tertiary/aromatic N) is 6. The van der Waals surface area contributed by atoms with Crippen molar-refractivity contribution >= 4 is 50.4 Å². The summed E-state index contributed by atoms with van der Waals surface area (Å²) in [7, 11) is -2.94. The minimum absolute atomic E-state index is 0.633.